The Morgan fingerprint density at radius 3 is 2.55 bits per heavy atom. The number of hydrogen-bond donors (Lipinski definition) is 2. The van der Waals surface area contributed by atoms with Crippen molar-refractivity contribution < 1.29 is 5.11 Å². The van der Waals surface area contributed by atoms with Crippen LogP contribution in [0.2, 0.25) is 0 Å². The number of aliphatic hydroxyl groups is 1. The van der Waals surface area contributed by atoms with Gasteiger partial charge >= 0.3 is 0 Å². The highest BCUT2D eigenvalue weighted by Crippen LogP contribution is 2.29. The third-order valence-electron chi connectivity index (χ3n) is 4.36. The van der Waals surface area contributed by atoms with Crippen LogP contribution in [0.3, 0.4) is 0 Å². The van der Waals surface area contributed by atoms with Crippen molar-refractivity contribution in [2.75, 3.05) is 18.0 Å². The van der Waals surface area contributed by atoms with E-state index in [-0.39, 0.29) is 5.56 Å². The Labute approximate surface area is 130 Å². The molecule has 3 rings (SSSR count). The van der Waals surface area contributed by atoms with Crippen molar-refractivity contribution in [2.24, 2.45) is 0 Å². The molecule has 4 heteroatoms. The largest absolute Gasteiger partial charge is 0.388 e. The molecule has 0 saturated carbocycles. The zero-order valence-corrected chi connectivity index (χ0v) is 13.1. The van der Waals surface area contributed by atoms with Crippen molar-refractivity contribution >= 4 is 5.69 Å². The van der Waals surface area contributed by atoms with Crippen molar-refractivity contribution in [1.82, 2.24) is 4.98 Å². The van der Waals surface area contributed by atoms with Gasteiger partial charge in [0.15, 0.2) is 0 Å². The summed E-state index contributed by atoms with van der Waals surface area (Å²) in [6.45, 7) is 5.49. The molecule has 1 aliphatic rings. The number of aromatic amines is 1. The second-order valence-electron chi connectivity index (χ2n) is 6.29. The highest BCUT2D eigenvalue weighted by atomic mass is 16.3. The zero-order chi connectivity index (χ0) is 15.7. The number of nitrogens with zero attached hydrogens (tertiary/aromatic N) is 1. The van der Waals surface area contributed by atoms with E-state index in [0.717, 1.165) is 41.9 Å². The first kappa shape index (κ1) is 14.9. The second kappa shape index (κ2) is 5.61. The zero-order valence-electron chi connectivity index (χ0n) is 13.1. The number of nitrogens with one attached hydrogen (secondary N) is 1. The lowest BCUT2D eigenvalue weighted by Gasteiger charge is -2.21. The van der Waals surface area contributed by atoms with E-state index >= 15 is 0 Å². The molecule has 0 bridgehead atoms. The Morgan fingerprint density at radius 1 is 1.23 bits per heavy atom. The van der Waals surface area contributed by atoms with Crippen LogP contribution in [0.25, 0.3) is 11.3 Å². The third kappa shape index (κ3) is 2.92. The van der Waals surface area contributed by atoms with Gasteiger partial charge in [0, 0.05) is 24.8 Å². The molecule has 4 nitrogen and oxygen atoms in total. The molecule has 2 heterocycles. The van der Waals surface area contributed by atoms with E-state index in [4.69, 9.17) is 0 Å². The van der Waals surface area contributed by atoms with Crippen LogP contribution in [0.4, 0.5) is 5.69 Å². The minimum absolute atomic E-state index is 0.0770. The SMILES string of the molecule is CCc1ccc(=O)[nH]c1-c1ccc(N2CCC(C)(O)C2)cc1. The predicted molar refractivity (Wildman–Crippen MR) is 89.3 cm³/mol. The van der Waals surface area contributed by atoms with Gasteiger partial charge in [0.05, 0.1) is 11.3 Å². The van der Waals surface area contributed by atoms with Crippen LogP contribution in [0.15, 0.2) is 41.2 Å². The standard InChI is InChI=1S/C18H22N2O2/c1-3-13-6-9-16(21)19-17(13)14-4-7-15(8-5-14)20-11-10-18(2,22)12-20/h4-9,22H,3,10-12H2,1-2H3,(H,19,21). The Morgan fingerprint density at radius 2 is 1.95 bits per heavy atom. The monoisotopic (exact) mass is 298 g/mol. The van der Waals surface area contributed by atoms with Gasteiger partial charge in [-0.2, -0.15) is 0 Å². The summed E-state index contributed by atoms with van der Waals surface area (Å²) in [5.41, 5.74) is 3.49. The summed E-state index contributed by atoms with van der Waals surface area (Å²) in [5.74, 6) is 0. The van der Waals surface area contributed by atoms with Gasteiger partial charge in [0.25, 0.3) is 0 Å². The maximum Gasteiger partial charge on any atom is 0.248 e. The normalized spacial score (nSPS) is 21.3. The minimum Gasteiger partial charge on any atom is -0.388 e. The highest BCUT2D eigenvalue weighted by molar-refractivity contribution is 5.66. The number of H-pyrrole nitrogens is 1. The van der Waals surface area contributed by atoms with Crippen molar-refractivity contribution in [3.05, 3.63) is 52.3 Å². The molecule has 2 aromatic rings. The Balaban J connectivity index is 1.89. The van der Waals surface area contributed by atoms with Gasteiger partial charge in [-0.25, -0.2) is 0 Å². The Bertz CT molecular complexity index is 717. The molecular formula is C18H22N2O2. The highest BCUT2D eigenvalue weighted by Gasteiger charge is 2.31. The van der Waals surface area contributed by atoms with Crippen LogP contribution >= 0.6 is 0 Å². The number of β-amino-alcohol motifs (C(OH)–C–C–N with tert-alkyl or cyclic N) is 1. The van der Waals surface area contributed by atoms with Gasteiger partial charge in [-0.05, 0) is 43.0 Å². The van der Waals surface area contributed by atoms with E-state index in [1.165, 1.54) is 0 Å². The first-order chi connectivity index (χ1) is 10.5. The summed E-state index contributed by atoms with van der Waals surface area (Å²) in [6.07, 6.45) is 1.67. The Hall–Kier alpha value is -2.07. The van der Waals surface area contributed by atoms with Gasteiger partial charge < -0.3 is 15.0 Å². The number of aryl methyl sites for hydroxylation is 1. The number of hydrogen-bond acceptors (Lipinski definition) is 3. The summed E-state index contributed by atoms with van der Waals surface area (Å²) in [4.78, 5) is 16.7. The summed E-state index contributed by atoms with van der Waals surface area (Å²) < 4.78 is 0. The summed E-state index contributed by atoms with van der Waals surface area (Å²) in [5, 5.41) is 10.1. The van der Waals surface area contributed by atoms with E-state index < -0.39 is 5.60 Å². The van der Waals surface area contributed by atoms with Crippen LogP contribution in [0, 0.1) is 0 Å². The molecule has 0 radical (unpaired) electrons. The first-order valence-corrected chi connectivity index (χ1v) is 7.78. The number of pyridine rings is 1. The molecule has 22 heavy (non-hydrogen) atoms. The average Bonchev–Trinajstić information content (AvgIpc) is 2.87. The molecular weight excluding hydrogens is 276 g/mol. The molecule has 1 unspecified atom stereocenters. The molecule has 0 aliphatic carbocycles. The number of aromatic nitrogens is 1. The quantitative estimate of drug-likeness (QED) is 0.915. The molecule has 1 fully saturated rings. The topological polar surface area (TPSA) is 56.3 Å². The smallest absolute Gasteiger partial charge is 0.248 e. The van der Waals surface area contributed by atoms with Gasteiger partial charge in [-0.3, -0.25) is 4.79 Å². The average molecular weight is 298 g/mol. The third-order valence-corrected chi connectivity index (χ3v) is 4.36. The first-order valence-electron chi connectivity index (χ1n) is 7.78. The Kier molecular flexibility index (Phi) is 3.79. The van der Waals surface area contributed by atoms with Crippen molar-refractivity contribution in [2.45, 2.75) is 32.3 Å². The van der Waals surface area contributed by atoms with E-state index in [1.807, 2.05) is 25.1 Å². The van der Waals surface area contributed by atoms with Gasteiger partial charge in [0.2, 0.25) is 5.56 Å². The summed E-state index contributed by atoms with van der Waals surface area (Å²) in [7, 11) is 0. The molecule has 2 N–H and O–H groups in total. The molecule has 0 spiro atoms. The van der Waals surface area contributed by atoms with Gasteiger partial charge in [0.1, 0.15) is 0 Å². The molecule has 1 aromatic carbocycles. The van der Waals surface area contributed by atoms with E-state index in [1.54, 1.807) is 6.07 Å². The van der Waals surface area contributed by atoms with E-state index in [2.05, 4.69) is 28.9 Å². The van der Waals surface area contributed by atoms with E-state index in [0.29, 0.717) is 6.54 Å². The number of benzene rings is 1. The fourth-order valence-electron chi connectivity index (χ4n) is 3.06. The lowest BCUT2D eigenvalue weighted by atomic mass is 10.0. The fourth-order valence-corrected chi connectivity index (χ4v) is 3.06. The van der Waals surface area contributed by atoms with Crippen molar-refractivity contribution in [3.8, 4) is 11.3 Å². The van der Waals surface area contributed by atoms with Crippen molar-refractivity contribution in [1.29, 1.82) is 0 Å². The maximum absolute atomic E-state index is 11.6. The fraction of sp³-hybridized carbons (Fsp3) is 0.389. The minimum atomic E-state index is -0.598. The maximum atomic E-state index is 11.6. The van der Waals surface area contributed by atoms with Gasteiger partial charge in [-0.15, -0.1) is 0 Å². The molecule has 116 valence electrons. The van der Waals surface area contributed by atoms with Crippen LogP contribution < -0.4 is 10.5 Å². The predicted octanol–water partition coefficient (Wildman–Crippen LogP) is 2.57. The van der Waals surface area contributed by atoms with Crippen molar-refractivity contribution in [3.63, 3.8) is 0 Å². The summed E-state index contributed by atoms with van der Waals surface area (Å²) >= 11 is 0. The second-order valence-corrected chi connectivity index (χ2v) is 6.29. The molecule has 1 aliphatic heterocycles. The van der Waals surface area contributed by atoms with Crippen LogP contribution in [-0.2, 0) is 6.42 Å². The molecule has 0 amide bonds. The lowest BCUT2D eigenvalue weighted by Crippen LogP contribution is -2.29. The van der Waals surface area contributed by atoms with E-state index in [9.17, 15) is 9.90 Å². The van der Waals surface area contributed by atoms with Crippen LogP contribution in [0.5, 0.6) is 0 Å². The molecule has 1 aromatic heterocycles. The van der Waals surface area contributed by atoms with Crippen LogP contribution in [-0.4, -0.2) is 28.8 Å². The molecule has 1 saturated heterocycles. The summed E-state index contributed by atoms with van der Waals surface area (Å²) in [6, 6.07) is 11.6. The number of anilines is 1. The number of rotatable bonds is 3. The van der Waals surface area contributed by atoms with Crippen LogP contribution in [0.1, 0.15) is 25.8 Å². The lowest BCUT2D eigenvalue weighted by molar-refractivity contribution is 0.0839. The van der Waals surface area contributed by atoms with Gasteiger partial charge in [-0.1, -0.05) is 25.1 Å². The molecule has 1 atom stereocenters.